The fraction of sp³-hybridized carbons (Fsp3) is 0.273. The Morgan fingerprint density at radius 2 is 1.97 bits per heavy atom. The van der Waals surface area contributed by atoms with Crippen molar-refractivity contribution in [3.8, 4) is 17.0 Å². The number of hydrogen-bond acceptors (Lipinski definition) is 3. The van der Waals surface area contributed by atoms with E-state index in [0.717, 1.165) is 34.7 Å². The van der Waals surface area contributed by atoms with Crippen molar-refractivity contribution in [2.24, 2.45) is 0 Å². The normalized spacial score (nSPS) is 13.2. The molecule has 2 heterocycles. The highest BCUT2D eigenvalue weighted by atomic mass is 35.5. The first-order valence-corrected chi connectivity index (χ1v) is 10.3. The fourth-order valence-corrected chi connectivity index (χ4v) is 3.80. The first-order valence-electron chi connectivity index (χ1n) is 9.58. The van der Waals surface area contributed by atoms with Gasteiger partial charge in [-0.3, -0.25) is 9.89 Å². The van der Waals surface area contributed by atoms with Crippen LogP contribution in [0.15, 0.2) is 48.5 Å². The number of halogens is 2. The number of aromatic nitrogens is 2. The third-order valence-corrected chi connectivity index (χ3v) is 5.49. The van der Waals surface area contributed by atoms with Crippen molar-refractivity contribution in [3.05, 3.63) is 69.8 Å². The highest BCUT2D eigenvalue weighted by Gasteiger charge is 2.25. The number of carbonyl (C=O) groups is 1. The Bertz CT molecular complexity index is 1000. The fourth-order valence-electron chi connectivity index (χ4n) is 3.48. The molecule has 0 spiro atoms. The molecular weight excluding hydrogens is 409 g/mol. The number of benzene rings is 2. The quantitative estimate of drug-likeness (QED) is 0.552. The second kappa shape index (κ2) is 8.89. The van der Waals surface area contributed by atoms with Crippen LogP contribution in [0.25, 0.3) is 11.3 Å². The molecule has 5 nitrogen and oxygen atoms in total. The van der Waals surface area contributed by atoms with Crippen LogP contribution in [-0.4, -0.2) is 34.2 Å². The summed E-state index contributed by atoms with van der Waals surface area (Å²) in [5, 5.41) is 8.93. The Balaban J connectivity index is 1.34. The Morgan fingerprint density at radius 1 is 1.14 bits per heavy atom. The average molecular weight is 430 g/mol. The average Bonchev–Trinajstić information content (AvgIpc) is 3.15. The lowest BCUT2D eigenvalue weighted by Crippen LogP contribution is -2.36. The van der Waals surface area contributed by atoms with Gasteiger partial charge < -0.3 is 9.64 Å². The Labute approximate surface area is 179 Å². The van der Waals surface area contributed by atoms with Crippen LogP contribution in [0.4, 0.5) is 0 Å². The van der Waals surface area contributed by atoms with E-state index >= 15 is 0 Å². The SMILES string of the molecule is O=C(CCCOc1ccc(Cl)cc1)N1CCc2[nH]nc(-c3cccc(Cl)c3)c2C1. The van der Waals surface area contributed by atoms with E-state index in [1.54, 1.807) is 12.1 Å². The maximum atomic E-state index is 12.7. The van der Waals surface area contributed by atoms with E-state index in [4.69, 9.17) is 27.9 Å². The zero-order valence-corrected chi connectivity index (χ0v) is 17.3. The lowest BCUT2D eigenvalue weighted by molar-refractivity contribution is -0.132. The molecule has 0 radical (unpaired) electrons. The number of fused-ring (bicyclic) bond motifs is 1. The van der Waals surface area contributed by atoms with E-state index in [0.29, 0.717) is 42.6 Å². The molecule has 0 saturated heterocycles. The van der Waals surface area contributed by atoms with E-state index in [1.165, 1.54) is 0 Å². The lowest BCUT2D eigenvalue weighted by Gasteiger charge is -2.27. The molecule has 1 aliphatic heterocycles. The van der Waals surface area contributed by atoms with Crippen molar-refractivity contribution < 1.29 is 9.53 Å². The molecule has 29 heavy (non-hydrogen) atoms. The van der Waals surface area contributed by atoms with Gasteiger partial charge in [0.15, 0.2) is 0 Å². The summed E-state index contributed by atoms with van der Waals surface area (Å²) in [5.41, 5.74) is 3.99. The minimum Gasteiger partial charge on any atom is -0.494 e. The molecule has 4 rings (SSSR count). The van der Waals surface area contributed by atoms with Crippen molar-refractivity contribution in [1.82, 2.24) is 15.1 Å². The third kappa shape index (κ3) is 4.74. The summed E-state index contributed by atoms with van der Waals surface area (Å²) in [4.78, 5) is 14.6. The number of ether oxygens (including phenoxy) is 1. The monoisotopic (exact) mass is 429 g/mol. The van der Waals surface area contributed by atoms with Gasteiger partial charge >= 0.3 is 0 Å². The lowest BCUT2D eigenvalue weighted by atomic mass is 10.0. The Kier molecular flexibility index (Phi) is 6.07. The minimum atomic E-state index is 0.133. The summed E-state index contributed by atoms with van der Waals surface area (Å²) in [6.07, 6.45) is 1.89. The van der Waals surface area contributed by atoms with Crippen LogP contribution in [0.3, 0.4) is 0 Å². The highest BCUT2D eigenvalue weighted by molar-refractivity contribution is 6.31. The van der Waals surface area contributed by atoms with Gasteiger partial charge in [-0.2, -0.15) is 5.10 Å². The van der Waals surface area contributed by atoms with Crippen molar-refractivity contribution in [2.45, 2.75) is 25.8 Å². The van der Waals surface area contributed by atoms with Crippen LogP contribution in [0, 0.1) is 0 Å². The molecule has 1 aliphatic rings. The van der Waals surface area contributed by atoms with Gasteiger partial charge in [0.1, 0.15) is 5.75 Å². The Hall–Kier alpha value is -2.50. The van der Waals surface area contributed by atoms with E-state index in [-0.39, 0.29) is 5.91 Å². The minimum absolute atomic E-state index is 0.133. The first kappa shape index (κ1) is 19.8. The van der Waals surface area contributed by atoms with E-state index in [2.05, 4.69) is 10.2 Å². The third-order valence-electron chi connectivity index (χ3n) is 5.00. The Morgan fingerprint density at radius 3 is 2.76 bits per heavy atom. The molecule has 0 unspecified atom stereocenters. The van der Waals surface area contributed by atoms with Crippen LogP contribution >= 0.6 is 23.2 Å². The summed E-state index contributed by atoms with van der Waals surface area (Å²) < 4.78 is 5.67. The van der Waals surface area contributed by atoms with Gasteiger partial charge in [-0.1, -0.05) is 35.3 Å². The molecule has 1 N–H and O–H groups in total. The molecule has 150 valence electrons. The highest BCUT2D eigenvalue weighted by Crippen LogP contribution is 2.30. The van der Waals surface area contributed by atoms with Crippen LogP contribution in [-0.2, 0) is 17.8 Å². The molecule has 0 bridgehead atoms. The largest absolute Gasteiger partial charge is 0.494 e. The van der Waals surface area contributed by atoms with Crippen LogP contribution < -0.4 is 4.74 Å². The van der Waals surface area contributed by atoms with Gasteiger partial charge in [-0.15, -0.1) is 0 Å². The second-order valence-corrected chi connectivity index (χ2v) is 7.88. The van der Waals surface area contributed by atoms with E-state index < -0.39 is 0 Å². The summed E-state index contributed by atoms with van der Waals surface area (Å²) in [6.45, 7) is 1.75. The molecule has 0 aliphatic carbocycles. The van der Waals surface area contributed by atoms with Gasteiger partial charge in [0.05, 0.1) is 12.3 Å². The summed E-state index contributed by atoms with van der Waals surface area (Å²) in [5.74, 6) is 0.891. The molecule has 3 aromatic rings. The van der Waals surface area contributed by atoms with Gasteiger partial charge in [0.25, 0.3) is 0 Å². The summed E-state index contributed by atoms with van der Waals surface area (Å²) in [7, 11) is 0. The number of hydrogen-bond donors (Lipinski definition) is 1. The molecule has 2 aromatic carbocycles. The van der Waals surface area contributed by atoms with Crippen molar-refractivity contribution in [1.29, 1.82) is 0 Å². The van der Waals surface area contributed by atoms with Gasteiger partial charge in [0, 0.05) is 52.8 Å². The zero-order valence-electron chi connectivity index (χ0n) is 15.8. The molecule has 0 fully saturated rings. The van der Waals surface area contributed by atoms with Crippen LogP contribution in [0.2, 0.25) is 10.0 Å². The number of aromatic amines is 1. The number of amides is 1. The maximum Gasteiger partial charge on any atom is 0.223 e. The van der Waals surface area contributed by atoms with Crippen molar-refractivity contribution in [2.75, 3.05) is 13.2 Å². The van der Waals surface area contributed by atoms with Crippen molar-refractivity contribution >= 4 is 29.1 Å². The number of nitrogens with zero attached hydrogens (tertiary/aromatic N) is 2. The van der Waals surface area contributed by atoms with Crippen LogP contribution in [0.1, 0.15) is 24.1 Å². The number of rotatable bonds is 6. The molecule has 1 amide bonds. The summed E-state index contributed by atoms with van der Waals surface area (Å²) >= 11 is 12.0. The molecule has 7 heteroatoms. The van der Waals surface area contributed by atoms with E-state index in [1.807, 2.05) is 41.3 Å². The van der Waals surface area contributed by atoms with Gasteiger partial charge in [-0.25, -0.2) is 0 Å². The smallest absolute Gasteiger partial charge is 0.223 e. The topological polar surface area (TPSA) is 58.2 Å². The van der Waals surface area contributed by atoms with E-state index in [9.17, 15) is 4.79 Å². The van der Waals surface area contributed by atoms with Crippen molar-refractivity contribution in [3.63, 3.8) is 0 Å². The van der Waals surface area contributed by atoms with Gasteiger partial charge in [-0.05, 0) is 42.8 Å². The second-order valence-electron chi connectivity index (χ2n) is 7.01. The maximum absolute atomic E-state index is 12.7. The number of H-pyrrole nitrogens is 1. The predicted molar refractivity (Wildman–Crippen MR) is 114 cm³/mol. The van der Waals surface area contributed by atoms with Crippen LogP contribution in [0.5, 0.6) is 5.75 Å². The number of nitrogens with one attached hydrogen (secondary N) is 1. The molecule has 0 saturated carbocycles. The standard InChI is InChI=1S/C22H21Cl2N3O2/c23-16-6-8-18(9-7-16)29-12-2-5-21(28)27-11-10-20-19(14-27)22(26-25-20)15-3-1-4-17(24)13-15/h1,3-4,6-9,13H,2,5,10-12,14H2,(H,25,26). The molecule has 1 aromatic heterocycles. The predicted octanol–water partition coefficient (Wildman–Crippen LogP) is 5.13. The molecular formula is C22H21Cl2N3O2. The first-order chi connectivity index (χ1) is 14.1. The number of carbonyl (C=O) groups excluding carboxylic acids is 1. The van der Waals surface area contributed by atoms with Gasteiger partial charge in [0.2, 0.25) is 5.91 Å². The molecule has 0 atom stereocenters. The zero-order chi connectivity index (χ0) is 20.2. The summed E-state index contributed by atoms with van der Waals surface area (Å²) in [6, 6.07) is 14.9.